The Kier molecular flexibility index (Phi) is 4.23. The van der Waals surface area contributed by atoms with Crippen molar-refractivity contribution in [3.8, 4) is 0 Å². The van der Waals surface area contributed by atoms with Crippen LogP contribution in [-0.2, 0) is 4.79 Å². The molecule has 18 heavy (non-hydrogen) atoms. The van der Waals surface area contributed by atoms with Crippen molar-refractivity contribution in [1.29, 1.82) is 0 Å². The average molecular weight is 318 g/mol. The van der Waals surface area contributed by atoms with Gasteiger partial charge in [-0.1, -0.05) is 0 Å². The van der Waals surface area contributed by atoms with Crippen molar-refractivity contribution >= 4 is 33.3 Å². The molecule has 1 rings (SSSR count). The van der Waals surface area contributed by atoms with Crippen LogP contribution in [0.1, 0.15) is 20.3 Å². The van der Waals surface area contributed by atoms with Crippen molar-refractivity contribution in [2.24, 2.45) is 0 Å². The zero-order valence-electron chi connectivity index (χ0n) is 9.81. The minimum Gasteiger partial charge on any atom is -0.481 e. The van der Waals surface area contributed by atoms with Crippen molar-refractivity contribution in [2.45, 2.75) is 25.8 Å². The molecule has 0 aliphatic rings. The van der Waals surface area contributed by atoms with Gasteiger partial charge in [0.15, 0.2) is 0 Å². The number of anilines is 1. The van der Waals surface area contributed by atoms with Gasteiger partial charge in [0.1, 0.15) is 11.9 Å². The van der Waals surface area contributed by atoms with E-state index in [0.29, 0.717) is 4.47 Å². The lowest BCUT2D eigenvalue weighted by Crippen LogP contribution is -2.34. The van der Waals surface area contributed by atoms with Crippen LogP contribution in [-0.4, -0.2) is 26.5 Å². The van der Waals surface area contributed by atoms with Gasteiger partial charge in [0.2, 0.25) is 0 Å². The Balaban J connectivity index is 3.10. The van der Waals surface area contributed by atoms with Crippen LogP contribution < -0.4 is 5.32 Å². The lowest BCUT2D eigenvalue weighted by Gasteiger charge is -2.25. The first-order valence-corrected chi connectivity index (χ1v) is 5.80. The van der Waals surface area contributed by atoms with Crippen LogP contribution in [0.2, 0.25) is 0 Å². The summed E-state index contributed by atoms with van der Waals surface area (Å²) in [5, 5.41) is 22.5. The van der Waals surface area contributed by atoms with Gasteiger partial charge in [-0.2, -0.15) is 0 Å². The number of aromatic nitrogens is 1. The van der Waals surface area contributed by atoms with E-state index in [2.05, 4.69) is 26.2 Å². The minimum absolute atomic E-state index is 0.168. The molecule has 0 bridgehead atoms. The van der Waals surface area contributed by atoms with E-state index in [1.807, 2.05) is 0 Å². The summed E-state index contributed by atoms with van der Waals surface area (Å²) in [6.45, 7) is 3.30. The second kappa shape index (κ2) is 5.30. The lowest BCUT2D eigenvalue weighted by molar-refractivity contribution is -0.384. The number of pyridine rings is 1. The molecule has 0 unspecified atom stereocenters. The van der Waals surface area contributed by atoms with Gasteiger partial charge in [-0.25, -0.2) is 0 Å². The van der Waals surface area contributed by atoms with Crippen LogP contribution in [0, 0.1) is 10.1 Å². The predicted molar refractivity (Wildman–Crippen MR) is 68.5 cm³/mol. The van der Waals surface area contributed by atoms with Crippen LogP contribution in [0.4, 0.5) is 11.4 Å². The predicted octanol–water partition coefficient (Wildman–Crippen LogP) is 2.42. The molecule has 98 valence electrons. The zero-order chi connectivity index (χ0) is 13.9. The van der Waals surface area contributed by atoms with Gasteiger partial charge in [-0.05, 0) is 29.8 Å². The number of carboxylic acids is 1. The molecule has 0 amide bonds. The number of carbonyl (C=O) groups is 1. The molecular weight excluding hydrogens is 306 g/mol. The van der Waals surface area contributed by atoms with E-state index in [0.717, 1.165) is 6.20 Å². The summed E-state index contributed by atoms with van der Waals surface area (Å²) in [5.74, 6) is -0.986. The van der Waals surface area contributed by atoms with Crippen molar-refractivity contribution in [3.05, 3.63) is 27.0 Å². The molecule has 8 heteroatoms. The molecule has 0 aromatic carbocycles. The van der Waals surface area contributed by atoms with Gasteiger partial charge in [-0.15, -0.1) is 0 Å². The van der Waals surface area contributed by atoms with E-state index in [1.54, 1.807) is 13.8 Å². The first kappa shape index (κ1) is 14.4. The third-order valence-electron chi connectivity index (χ3n) is 2.13. The van der Waals surface area contributed by atoms with Crippen LogP contribution in [0.25, 0.3) is 0 Å². The van der Waals surface area contributed by atoms with Crippen molar-refractivity contribution in [2.75, 3.05) is 5.32 Å². The van der Waals surface area contributed by atoms with Gasteiger partial charge in [0.05, 0.1) is 15.8 Å². The molecule has 1 aromatic rings. The maximum Gasteiger partial charge on any atom is 0.311 e. The number of hydrogen-bond acceptors (Lipinski definition) is 5. The summed E-state index contributed by atoms with van der Waals surface area (Å²) in [4.78, 5) is 24.7. The monoisotopic (exact) mass is 317 g/mol. The summed E-state index contributed by atoms with van der Waals surface area (Å²) >= 11 is 3.16. The molecule has 7 nitrogen and oxygen atoms in total. The van der Waals surface area contributed by atoms with Gasteiger partial charge in [0, 0.05) is 11.7 Å². The molecule has 0 radical (unpaired) electrons. The van der Waals surface area contributed by atoms with Crippen LogP contribution in [0.5, 0.6) is 0 Å². The van der Waals surface area contributed by atoms with Gasteiger partial charge in [-0.3, -0.25) is 19.9 Å². The Morgan fingerprint density at radius 1 is 1.61 bits per heavy atom. The molecule has 0 saturated carbocycles. The molecule has 0 saturated heterocycles. The number of rotatable bonds is 5. The minimum atomic E-state index is -0.986. The Morgan fingerprint density at radius 2 is 2.22 bits per heavy atom. The van der Waals surface area contributed by atoms with Crippen molar-refractivity contribution < 1.29 is 14.8 Å². The first-order chi connectivity index (χ1) is 8.23. The number of carboxylic acid groups (broad SMARTS) is 1. The maximum absolute atomic E-state index is 10.9. The largest absolute Gasteiger partial charge is 0.481 e. The highest BCUT2D eigenvalue weighted by Crippen LogP contribution is 2.33. The Labute approximate surface area is 112 Å². The smallest absolute Gasteiger partial charge is 0.311 e. The fourth-order valence-electron chi connectivity index (χ4n) is 1.45. The number of nitrogens with one attached hydrogen (secondary N) is 1. The maximum atomic E-state index is 10.9. The molecule has 0 aliphatic heterocycles. The summed E-state index contributed by atoms with van der Waals surface area (Å²) in [6.07, 6.45) is 2.36. The standard InChI is InChI=1S/C10H12BrN3O4/c1-10(2,3-8(15)16)13-9-6(11)4-12-5-7(9)14(17)18/h4-5H,3H2,1-2H3,(H,12,13)(H,15,16). The van der Waals surface area contributed by atoms with Gasteiger partial charge >= 0.3 is 11.7 Å². The van der Waals surface area contributed by atoms with Gasteiger partial charge in [0.25, 0.3) is 0 Å². The lowest BCUT2D eigenvalue weighted by atomic mass is 10.0. The van der Waals surface area contributed by atoms with E-state index in [4.69, 9.17) is 5.11 Å². The Hall–Kier alpha value is -1.70. The quantitative estimate of drug-likeness (QED) is 0.638. The highest BCUT2D eigenvalue weighted by molar-refractivity contribution is 9.10. The normalized spacial score (nSPS) is 11.1. The number of nitro groups is 1. The van der Waals surface area contributed by atoms with E-state index in [-0.39, 0.29) is 17.8 Å². The molecule has 1 aromatic heterocycles. The van der Waals surface area contributed by atoms with Gasteiger partial charge < -0.3 is 10.4 Å². The van der Waals surface area contributed by atoms with E-state index < -0.39 is 16.4 Å². The zero-order valence-corrected chi connectivity index (χ0v) is 11.4. The second-order valence-electron chi connectivity index (χ2n) is 4.35. The molecule has 2 N–H and O–H groups in total. The van der Waals surface area contributed by atoms with Crippen molar-refractivity contribution in [3.63, 3.8) is 0 Å². The summed E-state index contributed by atoms with van der Waals surface area (Å²) in [7, 11) is 0. The van der Waals surface area contributed by atoms with E-state index in [9.17, 15) is 14.9 Å². The highest BCUT2D eigenvalue weighted by Gasteiger charge is 2.27. The van der Waals surface area contributed by atoms with Crippen molar-refractivity contribution in [1.82, 2.24) is 4.98 Å². The summed E-state index contributed by atoms with van der Waals surface area (Å²) in [5.41, 5.74) is -0.801. The van der Waals surface area contributed by atoms with Crippen LogP contribution in [0.3, 0.4) is 0 Å². The summed E-state index contributed by atoms with van der Waals surface area (Å²) < 4.78 is 0.412. The topological polar surface area (TPSA) is 105 Å². The van der Waals surface area contributed by atoms with E-state index >= 15 is 0 Å². The van der Waals surface area contributed by atoms with Crippen LogP contribution >= 0.6 is 15.9 Å². The number of aliphatic carboxylic acids is 1. The first-order valence-electron chi connectivity index (χ1n) is 5.01. The fourth-order valence-corrected chi connectivity index (χ4v) is 1.87. The molecule has 0 fully saturated rings. The molecule has 0 spiro atoms. The number of nitrogens with zero attached hydrogens (tertiary/aromatic N) is 2. The Morgan fingerprint density at radius 3 is 2.72 bits per heavy atom. The third-order valence-corrected chi connectivity index (χ3v) is 2.73. The van der Waals surface area contributed by atoms with E-state index in [1.165, 1.54) is 6.20 Å². The average Bonchev–Trinajstić information content (AvgIpc) is 2.18. The molecule has 0 aliphatic carbocycles. The molecule has 0 atom stereocenters. The second-order valence-corrected chi connectivity index (χ2v) is 5.21. The number of halogens is 1. The highest BCUT2D eigenvalue weighted by atomic mass is 79.9. The number of hydrogen-bond donors (Lipinski definition) is 2. The molecular formula is C10H12BrN3O4. The summed E-state index contributed by atoms with van der Waals surface area (Å²) in [6, 6.07) is 0. The van der Waals surface area contributed by atoms with Crippen LogP contribution in [0.15, 0.2) is 16.9 Å². The molecule has 1 heterocycles. The third kappa shape index (κ3) is 3.66. The SMILES string of the molecule is CC(C)(CC(=O)O)Nc1c(Br)cncc1[N+](=O)[O-]. The fraction of sp³-hybridized carbons (Fsp3) is 0.400. The Bertz CT molecular complexity index is 490.